The van der Waals surface area contributed by atoms with E-state index in [9.17, 15) is 4.79 Å². The maximum atomic E-state index is 12.2. The van der Waals surface area contributed by atoms with Crippen LogP contribution in [0.2, 0.25) is 0 Å². The first-order chi connectivity index (χ1) is 10.2. The van der Waals surface area contributed by atoms with Crippen molar-refractivity contribution >= 4 is 43.9 Å². The maximum Gasteiger partial charge on any atom is 0.264 e. The van der Waals surface area contributed by atoms with Crippen LogP contribution in [0.1, 0.15) is 16.6 Å². The Morgan fingerprint density at radius 2 is 2.19 bits per heavy atom. The molecular weight excluding hydrogens is 282 g/mol. The van der Waals surface area contributed by atoms with E-state index in [0.717, 1.165) is 21.0 Å². The van der Waals surface area contributed by atoms with E-state index in [1.54, 1.807) is 13.1 Å². The van der Waals surface area contributed by atoms with Crippen LogP contribution < -0.4 is 11.1 Å². The zero-order valence-electron chi connectivity index (χ0n) is 11.4. The summed E-state index contributed by atoms with van der Waals surface area (Å²) >= 11 is 1.39. The fourth-order valence-electron chi connectivity index (χ4n) is 2.16. The van der Waals surface area contributed by atoms with Crippen molar-refractivity contribution in [2.24, 2.45) is 0 Å². The Hall–Kier alpha value is -2.58. The third kappa shape index (κ3) is 2.30. The van der Waals surface area contributed by atoms with E-state index in [0.29, 0.717) is 17.1 Å². The predicted octanol–water partition coefficient (Wildman–Crippen LogP) is 2.78. The Morgan fingerprint density at radius 3 is 3.00 bits per heavy atom. The smallest absolute Gasteiger partial charge is 0.264 e. The molecule has 0 atom stereocenters. The Bertz CT molecular complexity index is 902. The van der Waals surface area contributed by atoms with E-state index in [2.05, 4.69) is 22.1 Å². The average Bonchev–Trinajstić information content (AvgIpc) is 2.85. The topological polar surface area (TPSA) is 68.0 Å². The van der Waals surface area contributed by atoms with Crippen molar-refractivity contribution in [3.63, 3.8) is 0 Å². The summed E-state index contributed by atoms with van der Waals surface area (Å²) in [6.45, 7) is 2.06. The van der Waals surface area contributed by atoms with Gasteiger partial charge in [-0.3, -0.25) is 9.78 Å². The number of aromatic nitrogens is 1. The molecule has 3 aromatic rings. The van der Waals surface area contributed by atoms with E-state index >= 15 is 0 Å². The van der Waals surface area contributed by atoms with E-state index < -0.39 is 0 Å². The van der Waals surface area contributed by atoms with Crippen molar-refractivity contribution in [1.82, 2.24) is 10.3 Å². The van der Waals surface area contributed by atoms with Crippen LogP contribution >= 0.6 is 11.3 Å². The first kappa shape index (κ1) is 13.4. The van der Waals surface area contributed by atoms with E-state index in [1.807, 2.05) is 24.3 Å². The maximum absolute atomic E-state index is 12.2. The van der Waals surface area contributed by atoms with Gasteiger partial charge in [0, 0.05) is 21.7 Å². The minimum atomic E-state index is -0.194. The lowest BCUT2D eigenvalue weighted by Crippen LogP contribution is -2.23. The second kappa shape index (κ2) is 5.43. The highest BCUT2D eigenvalue weighted by atomic mass is 32.1. The van der Waals surface area contributed by atoms with Crippen LogP contribution in [0.15, 0.2) is 30.5 Å². The molecule has 1 aromatic carbocycles. The van der Waals surface area contributed by atoms with Gasteiger partial charge in [0.15, 0.2) is 0 Å². The third-order valence-electron chi connectivity index (χ3n) is 3.19. The first-order valence-electron chi connectivity index (χ1n) is 6.46. The number of pyridine rings is 1. The van der Waals surface area contributed by atoms with Crippen LogP contribution in [0.25, 0.3) is 21.0 Å². The van der Waals surface area contributed by atoms with Crippen LogP contribution in [-0.2, 0) is 0 Å². The number of rotatable bonds is 2. The van der Waals surface area contributed by atoms with Crippen LogP contribution in [-0.4, -0.2) is 17.4 Å². The van der Waals surface area contributed by atoms with Gasteiger partial charge >= 0.3 is 0 Å². The molecule has 0 saturated heterocycles. The largest absolute Gasteiger partial charge is 0.397 e. The highest BCUT2D eigenvalue weighted by Gasteiger charge is 2.17. The van der Waals surface area contributed by atoms with Crippen molar-refractivity contribution in [1.29, 1.82) is 0 Å². The van der Waals surface area contributed by atoms with Crippen LogP contribution in [0.3, 0.4) is 0 Å². The van der Waals surface area contributed by atoms with Gasteiger partial charge in [-0.1, -0.05) is 24.1 Å². The summed E-state index contributed by atoms with van der Waals surface area (Å²) in [6, 6.07) is 7.83. The summed E-state index contributed by atoms with van der Waals surface area (Å²) in [5, 5.41) is 4.58. The standard InChI is InChI=1S/C16H13N3OS/c1-2-3-8-18-16(20)15-13(17)11-9-19-12-7-5-4-6-10(12)14(11)21-15/h4-7,9H,8,17H2,1H3,(H,18,20). The van der Waals surface area contributed by atoms with E-state index in [1.165, 1.54) is 11.3 Å². The molecular formula is C16H13N3OS. The SMILES string of the molecule is CC#CCNC(=O)c1sc2c(cnc3ccccc32)c1N. The third-order valence-corrected chi connectivity index (χ3v) is 4.44. The molecule has 4 nitrogen and oxygen atoms in total. The Morgan fingerprint density at radius 1 is 1.38 bits per heavy atom. The highest BCUT2D eigenvalue weighted by molar-refractivity contribution is 7.22. The number of benzene rings is 1. The molecule has 0 fully saturated rings. The van der Waals surface area contributed by atoms with Crippen molar-refractivity contribution < 1.29 is 4.79 Å². The summed E-state index contributed by atoms with van der Waals surface area (Å²) < 4.78 is 0.991. The van der Waals surface area contributed by atoms with Gasteiger partial charge in [-0.25, -0.2) is 0 Å². The number of hydrogen-bond acceptors (Lipinski definition) is 4. The van der Waals surface area contributed by atoms with E-state index in [4.69, 9.17) is 5.73 Å². The molecule has 0 saturated carbocycles. The molecule has 2 aromatic heterocycles. The van der Waals surface area contributed by atoms with Gasteiger partial charge in [0.05, 0.1) is 17.7 Å². The second-order valence-corrected chi connectivity index (χ2v) is 5.49. The fourth-order valence-corrected chi connectivity index (χ4v) is 3.30. The molecule has 3 rings (SSSR count). The quantitative estimate of drug-likeness (QED) is 0.714. The minimum absolute atomic E-state index is 0.194. The molecule has 104 valence electrons. The minimum Gasteiger partial charge on any atom is -0.397 e. The molecule has 0 aliphatic heterocycles. The zero-order valence-corrected chi connectivity index (χ0v) is 12.3. The molecule has 21 heavy (non-hydrogen) atoms. The number of hydrogen-bond donors (Lipinski definition) is 2. The molecule has 0 bridgehead atoms. The van der Waals surface area contributed by atoms with E-state index in [-0.39, 0.29) is 5.91 Å². The molecule has 0 aliphatic carbocycles. The van der Waals surface area contributed by atoms with Crippen molar-refractivity contribution in [2.45, 2.75) is 6.92 Å². The van der Waals surface area contributed by atoms with Gasteiger partial charge in [0.1, 0.15) is 4.88 Å². The molecule has 2 heterocycles. The van der Waals surface area contributed by atoms with Crippen molar-refractivity contribution in [3.05, 3.63) is 35.3 Å². The van der Waals surface area contributed by atoms with Gasteiger partial charge in [0.2, 0.25) is 0 Å². The lowest BCUT2D eigenvalue weighted by Gasteiger charge is -1.99. The van der Waals surface area contributed by atoms with Gasteiger partial charge < -0.3 is 11.1 Å². The molecule has 1 amide bonds. The normalized spacial score (nSPS) is 10.3. The number of nitrogens with zero attached hydrogens (tertiary/aromatic N) is 1. The fraction of sp³-hybridized carbons (Fsp3) is 0.125. The molecule has 5 heteroatoms. The van der Waals surface area contributed by atoms with Crippen molar-refractivity contribution in [3.8, 4) is 11.8 Å². The Kier molecular flexibility index (Phi) is 3.46. The lowest BCUT2D eigenvalue weighted by atomic mass is 10.1. The number of fused-ring (bicyclic) bond motifs is 3. The molecule has 0 unspecified atom stereocenters. The highest BCUT2D eigenvalue weighted by Crippen LogP contribution is 2.37. The summed E-state index contributed by atoms with van der Waals surface area (Å²) in [4.78, 5) is 17.1. The monoisotopic (exact) mass is 295 g/mol. The molecule has 0 spiro atoms. The van der Waals surface area contributed by atoms with Crippen molar-refractivity contribution in [2.75, 3.05) is 12.3 Å². The number of para-hydroxylation sites is 1. The average molecular weight is 295 g/mol. The number of carbonyl (C=O) groups excluding carboxylic acids is 1. The van der Waals surface area contributed by atoms with Gasteiger partial charge in [-0.15, -0.1) is 17.3 Å². The lowest BCUT2D eigenvalue weighted by molar-refractivity contribution is 0.0963. The number of nitrogens with two attached hydrogens (primary N) is 1. The van der Waals surface area contributed by atoms with Crippen LogP contribution in [0, 0.1) is 11.8 Å². The van der Waals surface area contributed by atoms with Crippen LogP contribution in [0.5, 0.6) is 0 Å². The summed E-state index contributed by atoms with van der Waals surface area (Å²) in [5.74, 6) is 5.34. The summed E-state index contributed by atoms with van der Waals surface area (Å²) in [6.07, 6.45) is 1.73. The van der Waals surface area contributed by atoms with Gasteiger partial charge in [-0.05, 0) is 13.0 Å². The van der Waals surface area contributed by atoms with Gasteiger partial charge in [-0.2, -0.15) is 0 Å². The molecule has 3 N–H and O–H groups in total. The zero-order chi connectivity index (χ0) is 14.8. The number of carbonyl (C=O) groups is 1. The van der Waals surface area contributed by atoms with Crippen LogP contribution in [0.4, 0.5) is 5.69 Å². The number of anilines is 1. The number of nitrogen functional groups attached to an aromatic ring is 1. The predicted molar refractivity (Wildman–Crippen MR) is 87.3 cm³/mol. The molecule has 0 aliphatic rings. The van der Waals surface area contributed by atoms with Gasteiger partial charge in [0.25, 0.3) is 5.91 Å². The first-order valence-corrected chi connectivity index (χ1v) is 7.27. The number of nitrogens with one attached hydrogen (secondary N) is 1. The Labute approximate surface area is 126 Å². The molecule has 0 radical (unpaired) electrons. The second-order valence-electron chi connectivity index (χ2n) is 4.47. The number of amides is 1. The number of thiophene rings is 1. The summed E-state index contributed by atoms with van der Waals surface area (Å²) in [7, 11) is 0. The Balaban J connectivity index is 2.12. The summed E-state index contributed by atoms with van der Waals surface area (Å²) in [5.41, 5.74) is 7.49.